The number of sulfonamides is 1. The lowest BCUT2D eigenvalue weighted by Gasteiger charge is -2.16. The van der Waals surface area contributed by atoms with Gasteiger partial charge >= 0.3 is 0 Å². The molecule has 0 aliphatic carbocycles. The summed E-state index contributed by atoms with van der Waals surface area (Å²) in [7, 11) is -3.97. The Hall–Kier alpha value is -2.83. The summed E-state index contributed by atoms with van der Waals surface area (Å²) in [5.41, 5.74) is 3.74. The zero-order chi connectivity index (χ0) is 22.6. The molecule has 7 heteroatoms. The van der Waals surface area contributed by atoms with Crippen LogP contribution in [0.2, 0.25) is 5.02 Å². The van der Waals surface area contributed by atoms with Gasteiger partial charge < -0.3 is 5.32 Å². The van der Waals surface area contributed by atoms with Crippen molar-refractivity contribution in [3.05, 3.63) is 94.0 Å². The SMILES string of the molecule is CCc1ccc(C(C)NC(=O)c2ccc(Cl)c(S(=O)(=O)Nc3cccc(C)c3)c2)cc1. The minimum atomic E-state index is -3.97. The molecular formula is C24H25ClN2O3S. The highest BCUT2D eigenvalue weighted by Crippen LogP contribution is 2.26. The number of hydrogen-bond donors (Lipinski definition) is 2. The van der Waals surface area contributed by atoms with Crippen molar-refractivity contribution in [1.82, 2.24) is 5.32 Å². The maximum absolute atomic E-state index is 12.9. The highest BCUT2D eigenvalue weighted by molar-refractivity contribution is 7.92. The number of benzene rings is 3. The normalized spacial score (nSPS) is 12.3. The van der Waals surface area contributed by atoms with Gasteiger partial charge in [0.15, 0.2) is 0 Å². The van der Waals surface area contributed by atoms with Crippen LogP contribution in [0, 0.1) is 6.92 Å². The van der Waals surface area contributed by atoms with Crippen molar-refractivity contribution in [2.45, 2.75) is 38.1 Å². The summed E-state index contributed by atoms with van der Waals surface area (Å²) in [6.45, 7) is 5.83. The fraction of sp³-hybridized carbons (Fsp3) is 0.208. The van der Waals surface area contributed by atoms with Gasteiger partial charge in [-0.1, -0.05) is 54.9 Å². The fourth-order valence-electron chi connectivity index (χ4n) is 3.17. The van der Waals surface area contributed by atoms with Gasteiger partial charge in [-0.25, -0.2) is 8.42 Å². The molecule has 0 fully saturated rings. The van der Waals surface area contributed by atoms with Gasteiger partial charge in [-0.05, 0) is 67.3 Å². The number of amides is 1. The van der Waals surface area contributed by atoms with Crippen LogP contribution >= 0.6 is 11.6 Å². The molecule has 5 nitrogen and oxygen atoms in total. The first-order chi connectivity index (χ1) is 14.7. The van der Waals surface area contributed by atoms with Gasteiger partial charge in [0.05, 0.1) is 11.1 Å². The standard InChI is InChI=1S/C24H25ClN2O3S/c1-4-18-8-10-19(11-9-18)17(3)26-24(28)20-12-13-22(25)23(15-20)31(29,30)27-21-7-5-6-16(2)14-21/h5-15,17,27H,4H2,1-3H3,(H,26,28). The monoisotopic (exact) mass is 456 g/mol. The van der Waals surface area contributed by atoms with Gasteiger partial charge in [0.25, 0.3) is 15.9 Å². The van der Waals surface area contributed by atoms with Gasteiger partial charge in [0.2, 0.25) is 0 Å². The number of carbonyl (C=O) groups excluding carboxylic acids is 1. The molecule has 31 heavy (non-hydrogen) atoms. The maximum Gasteiger partial charge on any atom is 0.263 e. The summed E-state index contributed by atoms with van der Waals surface area (Å²) in [6, 6.07) is 19.0. The first-order valence-corrected chi connectivity index (χ1v) is 11.8. The first kappa shape index (κ1) is 22.8. The number of rotatable bonds is 7. The third kappa shape index (κ3) is 5.66. The first-order valence-electron chi connectivity index (χ1n) is 9.98. The molecule has 3 aromatic carbocycles. The molecule has 0 aliphatic heterocycles. The molecule has 0 heterocycles. The molecule has 1 atom stereocenters. The summed E-state index contributed by atoms with van der Waals surface area (Å²) in [5.74, 6) is -0.379. The van der Waals surface area contributed by atoms with E-state index in [4.69, 9.17) is 11.6 Å². The van der Waals surface area contributed by atoms with Crippen LogP contribution in [-0.2, 0) is 16.4 Å². The maximum atomic E-state index is 12.9. The third-order valence-electron chi connectivity index (χ3n) is 4.99. The molecule has 1 amide bonds. The Morgan fingerprint density at radius 1 is 1.03 bits per heavy atom. The summed E-state index contributed by atoms with van der Waals surface area (Å²) in [5, 5.41) is 2.95. The summed E-state index contributed by atoms with van der Waals surface area (Å²) < 4.78 is 28.3. The van der Waals surface area contributed by atoms with Crippen molar-refractivity contribution in [3.8, 4) is 0 Å². The van der Waals surface area contributed by atoms with Gasteiger partial charge in [0.1, 0.15) is 4.90 Å². The number of aryl methyl sites for hydroxylation is 2. The smallest absolute Gasteiger partial charge is 0.263 e. The molecule has 0 spiro atoms. The molecular weight excluding hydrogens is 432 g/mol. The van der Waals surface area contributed by atoms with Crippen molar-refractivity contribution in [2.75, 3.05) is 4.72 Å². The average Bonchev–Trinajstić information content (AvgIpc) is 2.73. The molecule has 3 rings (SSSR count). The largest absolute Gasteiger partial charge is 0.346 e. The predicted octanol–water partition coefficient (Wildman–Crippen LogP) is 5.50. The Balaban J connectivity index is 1.81. The minimum Gasteiger partial charge on any atom is -0.346 e. The third-order valence-corrected chi connectivity index (χ3v) is 6.85. The Labute approximate surface area is 188 Å². The van der Waals surface area contributed by atoms with Crippen LogP contribution in [0.3, 0.4) is 0 Å². The van der Waals surface area contributed by atoms with Crippen molar-refractivity contribution in [1.29, 1.82) is 0 Å². The van der Waals surface area contributed by atoms with Crippen molar-refractivity contribution in [3.63, 3.8) is 0 Å². The van der Waals surface area contributed by atoms with E-state index in [1.165, 1.54) is 23.8 Å². The number of anilines is 1. The molecule has 3 aromatic rings. The zero-order valence-electron chi connectivity index (χ0n) is 17.6. The lowest BCUT2D eigenvalue weighted by Crippen LogP contribution is -2.27. The molecule has 162 valence electrons. The molecule has 2 N–H and O–H groups in total. The predicted molar refractivity (Wildman–Crippen MR) is 125 cm³/mol. The second kappa shape index (κ2) is 9.54. The van der Waals surface area contributed by atoms with E-state index in [1.807, 2.05) is 44.2 Å². The van der Waals surface area contributed by atoms with E-state index in [0.29, 0.717) is 5.69 Å². The van der Waals surface area contributed by atoms with Crippen molar-refractivity contribution < 1.29 is 13.2 Å². The van der Waals surface area contributed by atoms with Gasteiger partial charge in [0, 0.05) is 11.3 Å². The van der Waals surface area contributed by atoms with E-state index in [1.54, 1.807) is 18.2 Å². The van der Waals surface area contributed by atoms with Crippen LogP contribution in [0.25, 0.3) is 0 Å². The van der Waals surface area contributed by atoms with Crippen LogP contribution in [0.5, 0.6) is 0 Å². The molecule has 0 bridgehead atoms. The minimum absolute atomic E-state index is 0.0416. The van der Waals surface area contributed by atoms with Crippen molar-refractivity contribution >= 4 is 33.2 Å². The number of nitrogens with one attached hydrogen (secondary N) is 2. The Morgan fingerprint density at radius 3 is 2.39 bits per heavy atom. The molecule has 0 saturated carbocycles. The fourth-order valence-corrected chi connectivity index (χ4v) is 4.75. The van der Waals surface area contributed by atoms with Crippen LogP contribution in [0.15, 0.2) is 71.6 Å². The van der Waals surface area contributed by atoms with E-state index in [-0.39, 0.29) is 27.4 Å². The highest BCUT2D eigenvalue weighted by atomic mass is 35.5. The Morgan fingerprint density at radius 2 is 1.74 bits per heavy atom. The van der Waals surface area contributed by atoms with Crippen LogP contribution < -0.4 is 10.0 Å². The van der Waals surface area contributed by atoms with E-state index < -0.39 is 10.0 Å². The molecule has 0 saturated heterocycles. The van der Waals surface area contributed by atoms with Crippen molar-refractivity contribution in [2.24, 2.45) is 0 Å². The lowest BCUT2D eigenvalue weighted by molar-refractivity contribution is 0.0939. The number of carbonyl (C=O) groups is 1. The second-order valence-electron chi connectivity index (χ2n) is 7.41. The topological polar surface area (TPSA) is 75.3 Å². The van der Waals surface area contributed by atoms with Gasteiger partial charge in [-0.2, -0.15) is 0 Å². The van der Waals surface area contributed by atoms with Crippen LogP contribution in [0.4, 0.5) is 5.69 Å². The zero-order valence-corrected chi connectivity index (χ0v) is 19.2. The molecule has 1 unspecified atom stereocenters. The van der Waals surface area contributed by atoms with Crippen LogP contribution in [0.1, 0.15) is 46.9 Å². The average molecular weight is 457 g/mol. The Kier molecular flexibility index (Phi) is 7.03. The van der Waals surface area contributed by atoms with E-state index in [9.17, 15) is 13.2 Å². The number of hydrogen-bond acceptors (Lipinski definition) is 3. The van der Waals surface area contributed by atoms with E-state index in [0.717, 1.165) is 17.5 Å². The van der Waals surface area contributed by atoms with E-state index >= 15 is 0 Å². The summed E-state index contributed by atoms with van der Waals surface area (Å²) in [4.78, 5) is 12.6. The van der Waals surface area contributed by atoms with Gasteiger partial charge in [-0.3, -0.25) is 9.52 Å². The quantitative estimate of drug-likeness (QED) is 0.492. The van der Waals surface area contributed by atoms with Gasteiger partial charge in [-0.15, -0.1) is 0 Å². The highest BCUT2D eigenvalue weighted by Gasteiger charge is 2.21. The lowest BCUT2D eigenvalue weighted by atomic mass is 10.0. The molecule has 0 aliphatic rings. The molecule has 0 radical (unpaired) electrons. The second-order valence-corrected chi connectivity index (χ2v) is 9.47. The van der Waals surface area contributed by atoms with E-state index in [2.05, 4.69) is 17.0 Å². The summed E-state index contributed by atoms with van der Waals surface area (Å²) >= 11 is 6.16. The molecule has 0 aromatic heterocycles. The Bertz CT molecular complexity index is 1190. The summed E-state index contributed by atoms with van der Waals surface area (Å²) in [6.07, 6.45) is 0.944. The van der Waals surface area contributed by atoms with Crippen LogP contribution in [-0.4, -0.2) is 14.3 Å². The number of halogens is 1.